The second-order valence-corrected chi connectivity index (χ2v) is 6.32. The molecule has 3 aromatic rings. The topological polar surface area (TPSA) is 101 Å². The van der Waals surface area contributed by atoms with Gasteiger partial charge in [0.05, 0.1) is 5.56 Å². The average Bonchev–Trinajstić information content (AvgIpc) is 3.08. The molecular formula is C19H22N4O3. The molecule has 26 heavy (non-hydrogen) atoms. The maximum absolute atomic E-state index is 12.3. The van der Waals surface area contributed by atoms with Crippen LogP contribution in [0.4, 0.5) is 0 Å². The number of carbonyl (C=O) groups is 1. The lowest BCUT2D eigenvalue weighted by molar-refractivity contribution is -0.121. The van der Waals surface area contributed by atoms with Crippen molar-refractivity contribution in [2.24, 2.45) is 0 Å². The largest absolute Gasteiger partial charge is 0.356 e. The molecular weight excluding hydrogens is 332 g/mol. The van der Waals surface area contributed by atoms with Gasteiger partial charge in [0.25, 0.3) is 5.56 Å². The van der Waals surface area contributed by atoms with E-state index in [4.69, 9.17) is 4.52 Å². The summed E-state index contributed by atoms with van der Waals surface area (Å²) in [5.74, 6) is 0.529. The van der Waals surface area contributed by atoms with Gasteiger partial charge in [-0.3, -0.25) is 9.59 Å². The summed E-state index contributed by atoms with van der Waals surface area (Å²) in [6, 6.07) is 7.58. The molecule has 0 saturated heterocycles. The van der Waals surface area contributed by atoms with E-state index in [0.29, 0.717) is 24.4 Å². The third-order valence-corrected chi connectivity index (χ3v) is 4.13. The van der Waals surface area contributed by atoms with E-state index in [1.807, 2.05) is 25.1 Å². The Morgan fingerprint density at radius 3 is 2.96 bits per heavy atom. The summed E-state index contributed by atoms with van der Waals surface area (Å²) < 4.78 is 5.19. The number of unbranched alkanes of at least 4 members (excludes halogenated alkanes) is 1. The fourth-order valence-corrected chi connectivity index (χ4v) is 2.66. The van der Waals surface area contributed by atoms with Crippen LogP contribution in [-0.4, -0.2) is 27.6 Å². The minimum Gasteiger partial charge on any atom is -0.356 e. The van der Waals surface area contributed by atoms with Crippen LogP contribution in [0.1, 0.15) is 37.6 Å². The molecule has 2 aromatic heterocycles. The molecule has 0 atom stereocenters. The number of hydrogen-bond donors (Lipinski definition) is 2. The third kappa shape index (κ3) is 4.17. The number of rotatable bonds is 7. The Kier molecular flexibility index (Phi) is 5.46. The molecule has 2 heterocycles. The molecule has 0 saturated carbocycles. The number of amides is 1. The quantitative estimate of drug-likeness (QED) is 0.635. The van der Waals surface area contributed by atoms with Crippen molar-refractivity contribution in [1.29, 1.82) is 0 Å². The van der Waals surface area contributed by atoms with E-state index in [0.717, 1.165) is 29.3 Å². The van der Waals surface area contributed by atoms with Gasteiger partial charge in [-0.25, -0.2) is 0 Å². The van der Waals surface area contributed by atoms with Crippen molar-refractivity contribution in [3.63, 3.8) is 0 Å². The van der Waals surface area contributed by atoms with E-state index in [1.54, 1.807) is 6.07 Å². The Hall–Kier alpha value is -2.96. The maximum atomic E-state index is 12.3. The van der Waals surface area contributed by atoms with Crippen LogP contribution in [-0.2, 0) is 11.2 Å². The van der Waals surface area contributed by atoms with E-state index in [2.05, 4.69) is 27.4 Å². The number of carbonyl (C=O) groups excluding carboxylic acids is 1. The van der Waals surface area contributed by atoms with Gasteiger partial charge in [-0.15, -0.1) is 0 Å². The number of nitrogens with one attached hydrogen (secondary N) is 2. The van der Waals surface area contributed by atoms with E-state index >= 15 is 0 Å². The van der Waals surface area contributed by atoms with Crippen molar-refractivity contribution < 1.29 is 9.32 Å². The van der Waals surface area contributed by atoms with Crippen molar-refractivity contribution in [3.05, 3.63) is 46.1 Å². The van der Waals surface area contributed by atoms with Gasteiger partial charge in [-0.1, -0.05) is 30.6 Å². The lowest BCUT2D eigenvalue weighted by Gasteiger charge is -2.02. The molecule has 2 N–H and O–H groups in total. The lowest BCUT2D eigenvalue weighted by Crippen LogP contribution is -2.24. The summed E-state index contributed by atoms with van der Waals surface area (Å²) in [5.41, 5.74) is 1.92. The van der Waals surface area contributed by atoms with Gasteiger partial charge in [-0.05, 0) is 36.4 Å². The summed E-state index contributed by atoms with van der Waals surface area (Å²) in [6.07, 6.45) is 2.61. The Morgan fingerprint density at radius 2 is 2.15 bits per heavy atom. The normalized spacial score (nSPS) is 11.0. The zero-order valence-electron chi connectivity index (χ0n) is 15.0. The first-order valence-corrected chi connectivity index (χ1v) is 8.80. The van der Waals surface area contributed by atoms with Gasteiger partial charge < -0.3 is 14.8 Å². The molecule has 0 aliphatic rings. The number of aromatic nitrogens is 3. The lowest BCUT2D eigenvalue weighted by atomic mass is 10.1. The van der Waals surface area contributed by atoms with Crippen LogP contribution in [0.3, 0.4) is 0 Å². The van der Waals surface area contributed by atoms with Crippen LogP contribution in [0, 0.1) is 6.92 Å². The molecule has 136 valence electrons. The molecule has 0 unspecified atom stereocenters. The van der Waals surface area contributed by atoms with Crippen molar-refractivity contribution in [3.8, 4) is 11.4 Å². The van der Waals surface area contributed by atoms with Gasteiger partial charge in [0.15, 0.2) is 0 Å². The highest BCUT2D eigenvalue weighted by atomic mass is 16.5. The molecule has 0 radical (unpaired) electrons. The summed E-state index contributed by atoms with van der Waals surface area (Å²) in [4.78, 5) is 31.2. The fraction of sp³-hybridized carbons (Fsp3) is 0.368. The van der Waals surface area contributed by atoms with Crippen LogP contribution in [0.15, 0.2) is 33.6 Å². The molecule has 7 nitrogen and oxygen atoms in total. The first-order valence-electron chi connectivity index (χ1n) is 8.80. The molecule has 0 spiro atoms. The van der Waals surface area contributed by atoms with Gasteiger partial charge >= 0.3 is 0 Å². The van der Waals surface area contributed by atoms with Crippen molar-refractivity contribution >= 4 is 16.8 Å². The predicted octanol–water partition coefficient (Wildman–Crippen LogP) is 2.74. The summed E-state index contributed by atoms with van der Waals surface area (Å²) in [5, 5.41) is 7.62. The molecule has 1 amide bonds. The second kappa shape index (κ2) is 7.95. The van der Waals surface area contributed by atoms with E-state index in [-0.39, 0.29) is 23.7 Å². The number of fused-ring (bicyclic) bond motifs is 1. The highest BCUT2D eigenvalue weighted by Gasteiger charge is 2.14. The van der Waals surface area contributed by atoms with E-state index in [9.17, 15) is 9.59 Å². The third-order valence-electron chi connectivity index (χ3n) is 4.13. The SMILES string of the molecule is CCCCNC(=O)CCc1nc(-c2cc3ccc(C)cc3[nH]c2=O)no1. The zero-order valence-corrected chi connectivity index (χ0v) is 15.0. The molecule has 0 aliphatic carbocycles. The first-order chi connectivity index (χ1) is 12.6. The van der Waals surface area contributed by atoms with Gasteiger partial charge in [0, 0.05) is 24.9 Å². The smallest absolute Gasteiger partial charge is 0.259 e. The Morgan fingerprint density at radius 1 is 1.31 bits per heavy atom. The Balaban J connectivity index is 1.72. The molecule has 7 heteroatoms. The van der Waals surface area contributed by atoms with Crippen LogP contribution in [0.2, 0.25) is 0 Å². The van der Waals surface area contributed by atoms with Gasteiger partial charge in [0.2, 0.25) is 17.6 Å². The predicted molar refractivity (Wildman–Crippen MR) is 98.8 cm³/mol. The molecule has 0 bridgehead atoms. The number of pyridine rings is 1. The highest BCUT2D eigenvalue weighted by Crippen LogP contribution is 2.18. The van der Waals surface area contributed by atoms with Crippen LogP contribution in [0.25, 0.3) is 22.3 Å². The van der Waals surface area contributed by atoms with Gasteiger partial charge in [0.1, 0.15) is 0 Å². The minimum atomic E-state index is -0.271. The number of aryl methyl sites for hydroxylation is 2. The molecule has 1 aromatic carbocycles. The minimum absolute atomic E-state index is 0.0443. The standard InChI is InChI=1S/C19H22N4O3/c1-3-4-9-20-16(24)7-8-17-22-18(23-26-17)14-11-13-6-5-12(2)10-15(13)21-19(14)25/h5-6,10-11H,3-4,7-9H2,1-2H3,(H,20,24)(H,21,25). The Labute approximate surface area is 150 Å². The van der Waals surface area contributed by atoms with Crippen molar-refractivity contribution in [1.82, 2.24) is 20.4 Å². The second-order valence-electron chi connectivity index (χ2n) is 6.32. The maximum Gasteiger partial charge on any atom is 0.259 e. The fourth-order valence-electron chi connectivity index (χ4n) is 2.66. The first kappa shape index (κ1) is 17.8. The van der Waals surface area contributed by atoms with Crippen molar-refractivity contribution in [2.75, 3.05) is 6.54 Å². The summed E-state index contributed by atoms with van der Waals surface area (Å²) in [7, 11) is 0. The van der Waals surface area contributed by atoms with Crippen LogP contribution >= 0.6 is 0 Å². The summed E-state index contributed by atoms with van der Waals surface area (Å²) in [6.45, 7) is 4.72. The number of aromatic amines is 1. The monoisotopic (exact) mass is 354 g/mol. The number of H-pyrrole nitrogens is 1. The zero-order chi connectivity index (χ0) is 18.5. The van der Waals surface area contributed by atoms with Gasteiger partial charge in [-0.2, -0.15) is 4.98 Å². The molecule has 3 rings (SSSR count). The highest BCUT2D eigenvalue weighted by molar-refractivity contribution is 5.82. The number of hydrogen-bond acceptors (Lipinski definition) is 5. The number of nitrogens with zero attached hydrogens (tertiary/aromatic N) is 2. The van der Waals surface area contributed by atoms with E-state index in [1.165, 1.54) is 0 Å². The summed E-state index contributed by atoms with van der Waals surface area (Å²) >= 11 is 0. The molecule has 0 fully saturated rings. The van der Waals surface area contributed by atoms with Crippen molar-refractivity contribution in [2.45, 2.75) is 39.5 Å². The average molecular weight is 354 g/mol. The van der Waals surface area contributed by atoms with E-state index < -0.39 is 0 Å². The van der Waals surface area contributed by atoms with Crippen LogP contribution < -0.4 is 10.9 Å². The van der Waals surface area contributed by atoms with Crippen LogP contribution in [0.5, 0.6) is 0 Å². The Bertz CT molecular complexity index is 974. The molecule has 0 aliphatic heterocycles. The number of benzene rings is 1.